The summed E-state index contributed by atoms with van der Waals surface area (Å²) in [4.78, 5) is 14.3. The van der Waals surface area contributed by atoms with Gasteiger partial charge in [0, 0.05) is 30.2 Å². The average molecular weight is 281 g/mol. The maximum absolute atomic E-state index is 11.9. The molecule has 1 heterocycles. The number of carbonyl (C=O) groups is 1. The smallest absolute Gasteiger partial charge is 0.323 e. The van der Waals surface area contributed by atoms with Crippen molar-refractivity contribution in [3.63, 3.8) is 0 Å². The van der Waals surface area contributed by atoms with E-state index in [2.05, 4.69) is 27.7 Å². The van der Waals surface area contributed by atoms with Crippen molar-refractivity contribution < 1.29 is 4.79 Å². The predicted molar refractivity (Wildman–Crippen MR) is 87.0 cm³/mol. The molecule has 0 radical (unpaired) electrons. The number of hydrogen-bond acceptors (Lipinski definition) is 2. The molecule has 2 amide bonds. The summed E-state index contributed by atoms with van der Waals surface area (Å²) in [5, 5.41) is 5.64. The molecule has 2 aromatic rings. The summed E-state index contributed by atoms with van der Waals surface area (Å²) >= 11 is 0. The van der Waals surface area contributed by atoms with Crippen molar-refractivity contribution in [2.75, 3.05) is 28.6 Å². The second kappa shape index (κ2) is 6.31. The van der Waals surface area contributed by atoms with Crippen LogP contribution >= 0.6 is 0 Å². The lowest BCUT2D eigenvalue weighted by atomic mass is 10.2. The fourth-order valence-electron chi connectivity index (χ4n) is 2.55. The third-order valence-corrected chi connectivity index (χ3v) is 3.63. The highest BCUT2D eigenvalue weighted by atomic mass is 16.2. The van der Waals surface area contributed by atoms with Gasteiger partial charge in [0.1, 0.15) is 0 Å². The minimum atomic E-state index is -0.227. The standard InChI is InChI=1S/C17H19N3O/c21-17(18-14-6-2-1-3-7-14)19-15-8-10-16(11-9-15)20-12-4-5-13-20/h1-3,6-11H,4-5,12-13H2,(H2,18,19,21). The largest absolute Gasteiger partial charge is 0.372 e. The highest BCUT2D eigenvalue weighted by Crippen LogP contribution is 2.22. The summed E-state index contributed by atoms with van der Waals surface area (Å²) < 4.78 is 0. The Bertz CT molecular complexity index is 589. The van der Waals surface area contributed by atoms with E-state index in [-0.39, 0.29) is 6.03 Å². The zero-order valence-electron chi connectivity index (χ0n) is 11.9. The lowest BCUT2D eigenvalue weighted by Gasteiger charge is -2.17. The number of benzene rings is 2. The van der Waals surface area contributed by atoms with Crippen LogP contribution in [0.25, 0.3) is 0 Å². The molecule has 1 fully saturated rings. The Labute approximate surface area is 124 Å². The van der Waals surface area contributed by atoms with Crippen LogP contribution in [0.3, 0.4) is 0 Å². The van der Waals surface area contributed by atoms with Gasteiger partial charge in [0.05, 0.1) is 0 Å². The number of anilines is 3. The fourth-order valence-corrected chi connectivity index (χ4v) is 2.55. The molecule has 0 aromatic heterocycles. The second-order valence-electron chi connectivity index (χ2n) is 5.19. The van der Waals surface area contributed by atoms with Crippen molar-refractivity contribution in [1.82, 2.24) is 0 Å². The summed E-state index contributed by atoms with van der Waals surface area (Å²) in [7, 11) is 0. The number of rotatable bonds is 3. The van der Waals surface area contributed by atoms with Crippen molar-refractivity contribution in [2.24, 2.45) is 0 Å². The van der Waals surface area contributed by atoms with Crippen molar-refractivity contribution in [3.8, 4) is 0 Å². The van der Waals surface area contributed by atoms with E-state index in [1.165, 1.54) is 18.5 Å². The fraction of sp³-hybridized carbons (Fsp3) is 0.235. The van der Waals surface area contributed by atoms with Gasteiger partial charge in [0.25, 0.3) is 0 Å². The molecule has 3 rings (SSSR count). The molecule has 1 saturated heterocycles. The van der Waals surface area contributed by atoms with Gasteiger partial charge < -0.3 is 15.5 Å². The molecule has 2 aromatic carbocycles. The van der Waals surface area contributed by atoms with Crippen LogP contribution in [-0.4, -0.2) is 19.1 Å². The van der Waals surface area contributed by atoms with Crippen LogP contribution in [0.2, 0.25) is 0 Å². The lowest BCUT2D eigenvalue weighted by molar-refractivity contribution is 0.262. The SMILES string of the molecule is O=C(Nc1ccccc1)Nc1ccc(N2CCCC2)cc1. The molecule has 0 spiro atoms. The van der Waals surface area contributed by atoms with Gasteiger partial charge in [0.15, 0.2) is 0 Å². The van der Waals surface area contributed by atoms with Crippen LogP contribution in [0.5, 0.6) is 0 Å². The lowest BCUT2D eigenvalue weighted by Crippen LogP contribution is -2.20. The maximum atomic E-state index is 11.9. The molecule has 0 aliphatic carbocycles. The molecule has 0 unspecified atom stereocenters. The maximum Gasteiger partial charge on any atom is 0.323 e. The Hall–Kier alpha value is -2.49. The first-order valence-corrected chi connectivity index (χ1v) is 7.29. The molecule has 1 aliphatic rings. The van der Waals surface area contributed by atoms with Crippen molar-refractivity contribution >= 4 is 23.1 Å². The van der Waals surface area contributed by atoms with E-state index in [0.717, 1.165) is 24.5 Å². The second-order valence-corrected chi connectivity index (χ2v) is 5.19. The normalized spacial score (nSPS) is 14.0. The van der Waals surface area contributed by atoms with E-state index < -0.39 is 0 Å². The Morgan fingerprint density at radius 1 is 0.810 bits per heavy atom. The van der Waals surface area contributed by atoms with Crippen LogP contribution in [0.4, 0.5) is 21.9 Å². The van der Waals surface area contributed by atoms with E-state index in [9.17, 15) is 4.79 Å². The molecule has 0 saturated carbocycles. The number of nitrogens with zero attached hydrogens (tertiary/aromatic N) is 1. The number of para-hydroxylation sites is 1. The van der Waals surface area contributed by atoms with Gasteiger partial charge in [-0.15, -0.1) is 0 Å². The highest BCUT2D eigenvalue weighted by Gasteiger charge is 2.12. The molecule has 1 aliphatic heterocycles. The van der Waals surface area contributed by atoms with E-state index in [0.29, 0.717) is 0 Å². The Kier molecular flexibility index (Phi) is 4.05. The van der Waals surface area contributed by atoms with Crippen molar-refractivity contribution in [3.05, 3.63) is 54.6 Å². The minimum Gasteiger partial charge on any atom is -0.372 e. The van der Waals surface area contributed by atoms with Gasteiger partial charge in [0.2, 0.25) is 0 Å². The van der Waals surface area contributed by atoms with Crippen LogP contribution in [0.1, 0.15) is 12.8 Å². The van der Waals surface area contributed by atoms with Crippen molar-refractivity contribution in [2.45, 2.75) is 12.8 Å². The van der Waals surface area contributed by atoms with Gasteiger partial charge in [-0.3, -0.25) is 0 Å². The first-order valence-electron chi connectivity index (χ1n) is 7.29. The van der Waals surface area contributed by atoms with Gasteiger partial charge >= 0.3 is 6.03 Å². The Balaban J connectivity index is 1.58. The quantitative estimate of drug-likeness (QED) is 0.895. The van der Waals surface area contributed by atoms with Crippen LogP contribution in [-0.2, 0) is 0 Å². The summed E-state index contributed by atoms with van der Waals surface area (Å²) in [5.74, 6) is 0. The molecular formula is C17H19N3O. The van der Waals surface area contributed by atoms with Crippen LogP contribution in [0, 0.1) is 0 Å². The Morgan fingerprint density at radius 2 is 1.38 bits per heavy atom. The monoisotopic (exact) mass is 281 g/mol. The molecule has 108 valence electrons. The first-order chi connectivity index (χ1) is 10.3. The average Bonchev–Trinajstić information content (AvgIpc) is 3.03. The zero-order valence-corrected chi connectivity index (χ0v) is 11.9. The third kappa shape index (κ3) is 3.54. The minimum absolute atomic E-state index is 0.227. The molecule has 0 bridgehead atoms. The van der Waals surface area contributed by atoms with Crippen LogP contribution in [0.15, 0.2) is 54.6 Å². The predicted octanol–water partition coefficient (Wildman–Crippen LogP) is 3.93. The topological polar surface area (TPSA) is 44.4 Å². The number of carbonyl (C=O) groups excluding carboxylic acids is 1. The summed E-state index contributed by atoms with van der Waals surface area (Å²) in [6.45, 7) is 2.25. The molecule has 21 heavy (non-hydrogen) atoms. The number of urea groups is 1. The molecule has 2 N–H and O–H groups in total. The number of hydrogen-bond donors (Lipinski definition) is 2. The highest BCUT2D eigenvalue weighted by molar-refractivity contribution is 5.99. The van der Waals surface area contributed by atoms with Gasteiger partial charge in [-0.05, 0) is 49.2 Å². The van der Waals surface area contributed by atoms with E-state index in [4.69, 9.17) is 0 Å². The Morgan fingerprint density at radius 3 is 2.00 bits per heavy atom. The van der Waals surface area contributed by atoms with Gasteiger partial charge in [-0.25, -0.2) is 4.79 Å². The number of amides is 2. The first kappa shape index (κ1) is 13.5. The zero-order chi connectivity index (χ0) is 14.5. The van der Waals surface area contributed by atoms with Gasteiger partial charge in [-0.1, -0.05) is 18.2 Å². The molecule has 0 atom stereocenters. The van der Waals surface area contributed by atoms with Gasteiger partial charge in [-0.2, -0.15) is 0 Å². The van der Waals surface area contributed by atoms with Crippen LogP contribution < -0.4 is 15.5 Å². The third-order valence-electron chi connectivity index (χ3n) is 3.63. The molecular weight excluding hydrogens is 262 g/mol. The summed E-state index contributed by atoms with van der Waals surface area (Å²) in [5.41, 5.74) is 2.80. The van der Waals surface area contributed by atoms with E-state index >= 15 is 0 Å². The summed E-state index contributed by atoms with van der Waals surface area (Å²) in [6, 6.07) is 17.2. The van der Waals surface area contributed by atoms with Crippen molar-refractivity contribution in [1.29, 1.82) is 0 Å². The number of nitrogens with one attached hydrogen (secondary N) is 2. The summed E-state index contributed by atoms with van der Waals surface area (Å²) in [6.07, 6.45) is 2.53. The molecule has 4 heteroatoms. The van der Waals surface area contributed by atoms with E-state index in [1.54, 1.807) is 0 Å². The van der Waals surface area contributed by atoms with E-state index in [1.807, 2.05) is 42.5 Å². The molecule has 4 nitrogen and oxygen atoms in total.